The largest absolute Gasteiger partial charge is 0.425 e. The van der Waals surface area contributed by atoms with Crippen LogP contribution in [0.2, 0.25) is 0 Å². The van der Waals surface area contributed by atoms with Crippen molar-refractivity contribution in [3.8, 4) is 5.69 Å². The van der Waals surface area contributed by atoms with Crippen LogP contribution in [0.15, 0.2) is 65.7 Å². The molecule has 1 atom stereocenters. The fourth-order valence-electron chi connectivity index (χ4n) is 3.71. The zero-order valence-electron chi connectivity index (χ0n) is 17.9. The summed E-state index contributed by atoms with van der Waals surface area (Å²) in [4.78, 5) is 23.7. The average molecular weight is 474 g/mol. The summed E-state index contributed by atoms with van der Waals surface area (Å²) < 4.78 is 58.3. The van der Waals surface area contributed by atoms with Gasteiger partial charge in [0.25, 0.3) is 5.56 Å². The SMILES string of the molecule is CC(=O)Nn1cc(C(O)(c2ccc3c(cnn3-c3ccc(F)cc3)c2)C(F)(F)F)cc(C)c1=O. The highest BCUT2D eigenvalue weighted by Crippen LogP contribution is 2.44. The molecule has 11 heteroatoms. The summed E-state index contributed by atoms with van der Waals surface area (Å²) >= 11 is 0. The van der Waals surface area contributed by atoms with Gasteiger partial charge < -0.3 is 5.11 Å². The summed E-state index contributed by atoms with van der Waals surface area (Å²) in [6, 6.07) is 9.91. The molecule has 0 spiro atoms. The molecule has 2 aromatic carbocycles. The van der Waals surface area contributed by atoms with Crippen molar-refractivity contribution in [2.75, 3.05) is 5.43 Å². The summed E-state index contributed by atoms with van der Waals surface area (Å²) in [7, 11) is 0. The maximum absolute atomic E-state index is 14.3. The number of halogens is 4. The van der Waals surface area contributed by atoms with E-state index in [1.807, 2.05) is 0 Å². The molecular weight excluding hydrogens is 456 g/mol. The van der Waals surface area contributed by atoms with Crippen molar-refractivity contribution in [1.82, 2.24) is 14.5 Å². The van der Waals surface area contributed by atoms with E-state index in [4.69, 9.17) is 0 Å². The lowest BCUT2D eigenvalue weighted by Crippen LogP contribution is -2.45. The molecule has 2 N–H and O–H groups in total. The maximum Gasteiger partial charge on any atom is 0.425 e. The number of alkyl halides is 3. The Hall–Kier alpha value is -3.99. The number of rotatable bonds is 4. The van der Waals surface area contributed by atoms with Crippen LogP contribution in [0, 0.1) is 12.7 Å². The lowest BCUT2D eigenvalue weighted by molar-refractivity contribution is -0.248. The van der Waals surface area contributed by atoms with Crippen molar-refractivity contribution < 1.29 is 27.5 Å². The molecule has 1 amide bonds. The summed E-state index contributed by atoms with van der Waals surface area (Å²) in [6.07, 6.45) is -3.11. The lowest BCUT2D eigenvalue weighted by atomic mass is 9.85. The minimum Gasteiger partial charge on any atom is -0.372 e. The molecule has 0 saturated carbocycles. The van der Waals surface area contributed by atoms with Gasteiger partial charge >= 0.3 is 6.18 Å². The highest BCUT2D eigenvalue weighted by Gasteiger charge is 2.56. The Kier molecular flexibility index (Phi) is 5.52. The van der Waals surface area contributed by atoms with Gasteiger partial charge in [0.2, 0.25) is 11.5 Å². The van der Waals surface area contributed by atoms with E-state index in [0.717, 1.165) is 31.3 Å². The molecule has 0 fully saturated rings. The van der Waals surface area contributed by atoms with Crippen LogP contribution in [0.1, 0.15) is 23.6 Å². The second-order valence-electron chi connectivity index (χ2n) is 7.77. The number of carbonyl (C=O) groups excluding carboxylic acids is 1. The molecule has 0 saturated heterocycles. The Labute approximate surface area is 189 Å². The van der Waals surface area contributed by atoms with Crippen LogP contribution in [-0.2, 0) is 10.4 Å². The molecule has 7 nitrogen and oxygen atoms in total. The quantitative estimate of drug-likeness (QED) is 0.443. The highest BCUT2D eigenvalue weighted by atomic mass is 19.4. The van der Waals surface area contributed by atoms with E-state index < -0.39 is 40.2 Å². The van der Waals surface area contributed by atoms with Crippen molar-refractivity contribution in [3.63, 3.8) is 0 Å². The van der Waals surface area contributed by atoms with Gasteiger partial charge in [0.1, 0.15) is 5.82 Å². The Morgan fingerprint density at radius 3 is 2.35 bits per heavy atom. The number of benzene rings is 2. The number of nitrogens with zero attached hydrogens (tertiary/aromatic N) is 3. The topological polar surface area (TPSA) is 89.2 Å². The zero-order valence-corrected chi connectivity index (χ0v) is 17.9. The van der Waals surface area contributed by atoms with Gasteiger partial charge in [-0.05, 0) is 55.0 Å². The summed E-state index contributed by atoms with van der Waals surface area (Å²) in [6.45, 7) is 2.37. The normalized spacial score (nSPS) is 13.6. The Bertz CT molecular complexity index is 1460. The van der Waals surface area contributed by atoms with Crippen LogP contribution >= 0.6 is 0 Å². The average Bonchev–Trinajstić information content (AvgIpc) is 3.19. The third kappa shape index (κ3) is 3.83. The number of nitrogens with one attached hydrogen (secondary N) is 1. The van der Waals surface area contributed by atoms with Crippen LogP contribution in [0.3, 0.4) is 0 Å². The van der Waals surface area contributed by atoms with E-state index in [-0.39, 0.29) is 10.9 Å². The highest BCUT2D eigenvalue weighted by molar-refractivity contribution is 5.82. The summed E-state index contributed by atoms with van der Waals surface area (Å²) in [5, 5.41) is 15.5. The van der Waals surface area contributed by atoms with Gasteiger partial charge in [-0.3, -0.25) is 15.0 Å². The first-order valence-electron chi connectivity index (χ1n) is 9.96. The second kappa shape index (κ2) is 8.10. The van der Waals surface area contributed by atoms with E-state index in [9.17, 15) is 32.3 Å². The first kappa shape index (κ1) is 23.2. The molecule has 4 rings (SSSR count). The van der Waals surface area contributed by atoms with Gasteiger partial charge in [-0.25, -0.2) is 13.7 Å². The van der Waals surface area contributed by atoms with E-state index in [0.29, 0.717) is 15.9 Å². The van der Waals surface area contributed by atoms with Crippen LogP contribution in [0.4, 0.5) is 17.6 Å². The van der Waals surface area contributed by atoms with Crippen LogP contribution < -0.4 is 11.0 Å². The number of aromatic nitrogens is 3. The van der Waals surface area contributed by atoms with Crippen LogP contribution in [0.25, 0.3) is 16.6 Å². The predicted molar refractivity (Wildman–Crippen MR) is 116 cm³/mol. The van der Waals surface area contributed by atoms with Crippen molar-refractivity contribution in [2.24, 2.45) is 0 Å². The summed E-state index contributed by atoms with van der Waals surface area (Å²) in [5.74, 6) is -1.13. The molecule has 0 aliphatic carbocycles. The predicted octanol–water partition coefficient (Wildman–Crippen LogP) is 3.52. The van der Waals surface area contributed by atoms with Gasteiger partial charge in [-0.1, -0.05) is 6.07 Å². The third-order valence-electron chi connectivity index (χ3n) is 5.36. The molecular formula is C23H18F4N4O3. The lowest BCUT2D eigenvalue weighted by Gasteiger charge is -2.32. The Morgan fingerprint density at radius 2 is 1.74 bits per heavy atom. The first-order valence-corrected chi connectivity index (χ1v) is 9.96. The standard InChI is InChI=1S/C23H18F4N4O3/c1-13-9-17(12-30(21(13)33)29-14(2)32)22(34,23(25,26)27)16-3-8-20-15(10-16)11-28-31(20)19-6-4-18(24)5-7-19/h3-12,34H,1-2H3,(H,29,32). The third-order valence-corrected chi connectivity index (χ3v) is 5.36. The molecule has 176 valence electrons. The minimum atomic E-state index is -5.18. The van der Waals surface area contributed by atoms with Gasteiger partial charge in [-0.15, -0.1) is 0 Å². The first-order chi connectivity index (χ1) is 15.9. The van der Waals surface area contributed by atoms with E-state index >= 15 is 0 Å². The van der Waals surface area contributed by atoms with Crippen molar-refractivity contribution in [2.45, 2.75) is 25.6 Å². The summed E-state index contributed by atoms with van der Waals surface area (Å²) in [5.41, 5.74) is -2.47. The fraction of sp³-hybridized carbons (Fsp3) is 0.174. The fourth-order valence-corrected chi connectivity index (χ4v) is 3.71. The zero-order chi connectivity index (χ0) is 24.8. The molecule has 0 aliphatic heterocycles. The minimum absolute atomic E-state index is 0.112. The van der Waals surface area contributed by atoms with E-state index in [2.05, 4.69) is 10.5 Å². The molecule has 0 aliphatic rings. The van der Waals surface area contributed by atoms with Crippen molar-refractivity contribution in [3.05, 3.63) is 93.8 Å². The molecule has 4 aromatic rings. The number of hydrogen-bond acceptors (Lipinski definition) is 4. The van der Waals surface area contributed by atoms with Gasteiger partial charge in [-0.2, -0.15) is 18.3 Å². The number of hydrogen-bond donors (Lipinski definition) is 2. The van der Waals surface area contributed by atoms with E-state index in [1.165, 1.54) is 48.1 Å². The van der Waals surface area contributed by atoms with Crippen LogP contribution in [-0.4, -0.2) is 31.6 Å². The number of aryl methyl sites for hydroxylation is 1. The molecule has 34 heavy (non-hydrogen) atoms. The molecule has 1 unspecified atom stereocenters. The molecule has 2 aromatic heterocycles. The van der Waals surface area contributed by atoms with Gasteiger partial charge in [0, 0.05) is 29.6 Å². The molecule has 2 heterocycles. The number of pyridine rings is 1. The number of aliphatic hydroxyl groups is 1. The maximum atomic E-state index is 14.3. The Balaban J connectivity index is 1.89. The number of carbonyl (C=O) groups is 1. The number of fused-ring (bicyclic) bond motifs is 1. The van der Waals surface area contributed by atoms with Crippen molar-refractivity contribution >= 4 is 16.8 Å². The van der Waals surface area contributed by atoms with Crippen molar-refractivity contribution in [1.29, 1.82) is 0 Å². The monoisotopic (exact) mass is 474 g/mol. The molecule has 0 bridgehead atoms. The molecule has 0 radical (unpaired) electrons. The second-order valence-corrected chi connectivity index (χ2v) is 7.77. The smallest absolute Gasteiger partial charge is 0.372 e. The van der Waals surface area contributed by atoms with Gasteiger partial charge in [0.15, 0.2) is 0 Å². The Morgan fingerprint density at radius 1 is 1.06 bits per heavy atom. The van der Waals surface area contributed by atoms with E-state index in [1.54, 1.807) is 0 Å². The van der Waals surface area contributed by atoms with Crippen LogP contribution in [0.5, 0.6) is 0 Å². The number of amides is 1. The van der Waals surface area contributed by atoms with Gasteiger partial charge in [0.05, 0.1) is 17.4 Å².